The first kappa shape index (κ1) is 25.3. The van der Waals surface area contributed by atoms with Gasteiger partial charge in [-0.1, -0.05) is 12.1 Å². The van der Waals surface area contributed by atoms with Gasteiger partial charge in [0.25, 0.3) is 11.8 Å². The molecule has 2 rings (SSSR count). The van der Waals surface area contributed by atoms with Crippen LogP contribution in [0, 0.1) is 0 Å². The number of hydrogen-bond donors (Lipinski definition) is 3. The van der Waals surface area contributed by atoms with Crippen LogP contribution in [0.25, 0.3) is 0 Å². The Morgan fingerprint density at radius 2 is 1.72 bits per heavy atom. The number of carbonyl (C=O) groups excluding carboxylic acids is 2. The minimum atomic E-state index is -0.371. The lowest BCUT2D eigenvalue weighted by atomic mass is 10.2. The number of carbonyl (C=O) groups is 2. The highest BCUT2D eigenvalue weighted by Gasteiger charge is 2.11. The number of benzene rings is 2. The highest BCUT2D eigenvalue weighted by molar-refractivity contribution is 7.80. The average molecular weight is 460 g/mol. The van der Waals surface area contributed by atoms with E-state index in [4.69, 9.17) is 26.4 Å². The van der Waals surface area contributed by atoms with Crippen LogP contribution in [0.5, 0.6) is 5.75 Å². The molecule has 0 aliphatic rings. The molecule has 0 bridgehead atoms. The maximum absolute atomic E-state index is 12.5. The zero-order valence-corrected chi connectivity index (χ0v) is 19.1. The predicted molar refractivity (Wildman–Crippen MR) is 127 cm³/mol. The molecular formula is C23H29N3O5S. The fourth-order valence-electron chi connectivity index (χ4n) is 2.69. The summed E-state index contributed by atoms with van der Waals surface area (Å²) in [6.45, 7) is 4.52. The summed E-state index contributed by atoms with van der Waals surface area (Å²) in [5.41, 5.74) is 1.48. The van der Waals surface area contributed by atoms with Crippen LogP contribution in [0.4, 0.5) is 5.69 Å². The third kappa shape index (κ3) is 9.01. The molecule has 0 aliphatic carbocycles. The van der Waals surface area contributed by atoms with Gasteiger partial charge in [-0.25, -0.2) is 0 Å². The van der Waals surface area contributed by atoms with E-state index < -0.39 is 0 Å². The van der Waals surface area contributed by atoms with Gasteiger partial charge in [0.1, 0.15) is 12.4 Å². The zero-order chi connectivity index (χ0) is 23.2. The Bertz CT molecular complexity index is 907. The molecule has 172 valence electrons. The zero-order valence-electron chi connectivity index (χ0n) is 18.3. The summed E-state index contributed by atoms with van der Waals surface area (Å²) in [4.78, 5) is 24.8. The second-order valence-corrected chi connectivity index (χ2v) is 7.07. The monoisotopic (exact) mass is 459 g/mol. The Labute approximate surface area is 193 Å². The quantitative estimate of drug-likeness (QED) is 0.332. The van der Waals surface area contributed by atoms with Gasteiger partial charge in [-0.05, 0) is 62.0 Å². The van der Waals surface area contributed by atoms with Crippen LogP contribution >= 0.6 is 12.2 Å². The molecule has 0 radical (unpaired) electrons. The molecule has 0 saturated carbocycles. The van der Waals surface area contributed by atoms with E-state index >= 15 is 0 Å². The van der Waals surface area contributed by atoms with E-state index in [0.717, 1.165) is 6.42 Å². The Balaban J connectivity index is 1.88. The third-order valence-electron chi connectivity index (χ3n) is 4.22. The van der Waals surface area contributed by atoms with Crippen LogP contribution in [-0.4, -0.2) is 57.0 Å². The first-order chi connectivity index (χ1) is 15.5. The molecule has 0 atom stereocenters. The van der Waals surface area contributed by atoms with Gasteiger partial charge in [0.2, 0.25) is 0 Å². The first-order valence-corrected chi connectivity index (χ1v) is 10.7. The highest BCUT2D eigenvalue weighted by Crippen LogP contribution is 2.14. The summed E-state index contributed by atoms with van der Waals surface area (Å²) in [6.07, 6.45) is 0.731. The van der Waals surface area contributed by atoms with Gasteiger partial charge in [-0.2, -0.15) is 0 Å². The molecule has 0 saturated heterocycles. The topological polar surface area (TPSA) is 97.9 Å². The molecule has 32 heavy (non-hydrogen) atoms. The summed E-state index contributed by atoms with van der Waals surface area (Å²) in [7, 11) is 1.62. The number of amides is 2. The Morgan fingerprint density at radius 1 is 0.969 bits per heavy atom. The number of hydrogen-bond acceptors (Lipinski definition) is 6. The van der Waals surface area contributed by atoms with Gasteiger partial charge < -0.3 is 24.8 Å². The van der Waals surface area contributed by atoms with E-state index in [9.17, 15) is 9.59 Å². The number of anilines is 1. The molecule has 2 amide bonds. The maximum atomic E-state index is 12.5. The molecule has 0 aliphatic heterocycles. The van der Waals surface area contributed by atoms with E-state index in [1.54, 1.807) is 55.6 Å². The van der Waals surface area contributed by atoms with Gasteiger partial charge in [0, 0.05) is 43.7 Å². The van der Waals surface area contributed by atoms with Crippen molar-refractivity contribution in [3.05, 3.63) is 59.7 Å². The summed E-state index contributed by atoms with van der Waals surface area (Å²) in [6, 6.07) is 13.7. The van der Waals surface area contributed by atoms with Gasteiger partial charge in [0.15, 0.2) is 5.11 Å². The number of methoxy groups -OCH3 is 1. The molecular weight excluding hydrogens is 430 g/mol. The summed E-state index contributed by atoms with van der Waals surface area (Å²) in [5, 5.41) is 8.51. The molecule has 2 aromatic carbocycles. The normalized spacial score (nSPS) is 10.3. The highest BCUT2D eigenvalue weighted by atomic mass is 32.1. The van der Waals surface area contributed by atoms with Gasteiger partial charge in [0.05, 0.1) is 6.61 Å². The smallest absolute Gasteiger partial charge is 0.257 e. The van der Waals surface area contributed by atoms with Crippen molar-refractivity contribution in [2.45, 2.75) is 13.3 Å². The lowest BCUT2D eigenvalue weighted by Gasteiger charge is -2.12. The lowest BCUT2D eigenvalue weighted by Crippen LogP contribution is -2.34. The predicted octanol–water partition coefficient (Wildman–Crippen LogP) is 3.00. The molecule has 0 spiro atoms. The summed E-state index contributed by atoms with van der Waals surface area (Å²) < 4.78 is 15.8. The van der Waals surface area contributed by atoms with Crippen molar-refractivity contribution in [1.29, 1.82) is 0 Å². The van der Waals surface area contributed by atoms with E-state index in [0.29, 0.717) is 55.5 Å². The number of thiocarbonyl (C=S) groups is 1. The molecule has 8 nitrogen and oxygen atoms in total. The molecule has 2 aromatic rings. The van der Waals surface area contributed by atoms with E-state index in [-0.39, 0.29) is 16.9 Å². The Hall–Kier alpha value is -3.01. The van der Waals surface area contributed by atoms with Crippen LogP contribution in [0.1, 0.15) is 34.1 Å². The van der Waals surface area contributed by atoms with Crippen LogP contribution in [0.3, 0.4) is 0 Å². The van der Waals surface area contributed by atoms with Crippen molar-refractivity contribution in [2.75, 3.05) is 45.4 Å². The van der Waals surface area contributed by atoms with E-state index in [1.807, 2.05) is 6.92 Å². The number of nitrogens with one attached hydrogen (secondary N) is 3. The summed E-state index contributed by atoms with van der Waals surface area (Å²) >= 11 is 5.25. The van der Waals surface area contributed by atoms with Crippen molar-refractivity contribution in [1.82, 2.24) is 10.6 Å². The minimum Gasteiger partial charge on any atom is -0.491 e. The second kappa shape index (κ2) is 14.1. The standard InChI is InChI=1S/C23H29N3O5S/c1-3-30-13-14-31-20-10-5-8-18(16-20)22(28)26-23(32)25-19-9-4-7-17(15-19)21(27)24-11-6-12-29-2/h4-5,7-10,15-16H,3,6,11-14H2,1-2H3,(H,24,27)(H2,25,26,28,32). The van der Waals surface area contributed by atoms with E-state index in [1.165, 1.54) is 0 Å². The third-order valence-corrected chi connectivity index (χ3v) is 4.42. The van der Waals surface area contributed by atoms with Crippen molar-refractivity contribution in [3.8, 4) is 5.75 Å². The van der Waals surface area contributed by atoms with Gasteiger partial charge in [-0.3, -0.25) is 14.9 Å². The van der Waals surface area contributed by atoms with Crippen LogP contribution < -0.4 is 20.7 Å². The number of rotatable bonds is 12. The van der Waals surface area contributed by atoms with Crippen LogP contribution in [0.15, 0.2) is 48.5 Å². The van der Waals surface area contributed by atoms with Crippen molar-refractivity contribution in [2.24, 2.45) is 0 Å². The fourth-order valence-corrected chi connectivity index (χ4v) is 2.90. The molecule has 3 N–H and O–H groups in total. The SMILES string of the molecule is CCOCCOc1cccc(C(=O)NC(=S)Nc2cccc(C(=O)NCCCOC)c2)c1. The van der Waals surface area contributed by atoms with Crippen molar-refractivity contribution in [3.63, 3.8) is 0 Å². The van der Waals surface area contributed by atoms with Gasteiger partial charge in [-0.15, -0.1) is 0 Å². The summed E-state index contributed by atoms with van der Waals surface area (Å²) in [5.74, 6) is 0.00565. The molecule has 9 heteroatoms. The second-order valence-electron chi connectivity index (χ2n) is 6.66. The average Bonchev–Trinajstić information content (AvgIpc) is 2.79. The van der Waals surface area contributed by atoms with Crippen LogP contribution in [0.2, 0.25) is 0 Å². The van der Waals surface area contributed by atoms with Crippen molar-refractivity contribution >= 4 is 34.8 Å². The first-order valence-electron chi connectivity index (χ1n) is 10.3. The number of ether oxygens (including phenoxy) is 3. The van der Waals surface area contributed by atoms with Crippen molar-refractivity contribution < 1.29 is 23.8 Å². The minimum absolute atomic E-state index is 0.121. The van der Waals surface area contributed by atoms with Gasteiger partial charge >= 0.3 is 0 Å². The lowest BCUT2D eigenvalue weighted by molar-refractivity contribution is 0.0946. The molecule has 0 aromatic heterocycles. The maximum Gasteiger partial charge on any atom is 0.257 e. The van der Waals surface area contributed by atoms with E-state index in [2.05, 4.69) is 16.0 Å². The molecule has 0 heterocycles. The molecule has 0 fully saturated rings. The molecule has 0 unspecified atom stereocenters. The fraction of sp³-hybridized carbons (Fsp3) is 0.348. The van der Waals surface area contributed by atoms with Crippen LogP contribution in [-0.2, 0) is 9.47 Å². The largest absolute Gasteiger partial charge is 0.491 e. The Morgan fingerprint density at radius 3 is 2.47 bits per heavy atom. The Kier molecular flexibility index (Phi) is 11.1.